The maximum atomic E-state index is 13.0. The van der Waals surface area contributed by atoms with Crippen LogP contribution in [0.25, 0.3) is 11.1 Å². The van der Waals surface area contributed by atoms with Gasteiger partial charge in [0.2, 0.25) is 0 Å². The van der Waals surface area contributed by atoms with E-state index in [4.69, 9.17) is 0 Å². The lowest BCUT2D eigenvalue weighted by Crippen LogP contribution is -1.86. The summed E-state index contributed by atoms with van der Waals surface area (Å²) < 4.78 is 13.0. The van der Waals surface area contributed by atoms with Gasteiger partial charge in [0.05, 0.1) is 0 Å². The van der Waals surface area contributed by atoms with Crippen LogP contribution in [-0.2, 0) is 5.33 Å². The van der Waals surface area contributed by atoms with E-state index in [1.54, 1.807) is 6.07 Å². The lowest BCUT2D eigenvalue weighted by atomic mass is 9.99. The predicted molar refractivity (Wildman–Crippen MR) is 69.2 cm³/mol. The number of halogens is 2. The van der Waals surface area contributed by atoms with E-state index in [0.717, 1.165) is 22.0 Å². The molecule has 0 amide bonds. The van der Waals surface area contributed by atoms with Gasteiger partial charge >= 0.3 is 0 Å². The predicted octanol–water partition coefficient (Wildman–Crippen LogP) is 4.70. The fourth-order valence-corrected chi connectivity index (χ4v) is 2.12. The molecule has 2 rings (SSSR count). The van der Waals surface area contributed by atoms with Crippen molar-refractivity contribution >= 4 is 15.9 Å². The molecule has 0 bridgehead atoms. The zero-order chi connectivity index (χ0) is 11.5. The zero-order valence-electron chi connectivity index (χ0n) is 9.00. The number of aryl methyl sites for hydroxylation is 1. The number of hydrogen-bond acceptors (Lipinski definition) is 0. The molecule has 2 aromatic rings. The van der Waals surface area contributed by atoms with E-state index < -0.39 is 0 Å². The van der Waals surface area contributed by atoms with Gasteiger partial charge in [-0.15, -0.1) is 0 Å². The van der Waals surface area contributed by atoms with Gasteiger partial charge in [-0.25, -0.2) is 4.39 Å². The highest BCUT2D eigenvalue weighted by Crippen LogP contribution is 2.25. The van der Waals surface area contributed by atoms with Gasteiger partial charge in [0.15, 0.2) is 0 Å². The Bertz CT molecular complexity index is 506. The summed E-state index contributed by atoms with van der Waals surface area (Å²) in [6.45, 7) is 1.93. The summed E-state index contributed by atoms with van der Waals surface area (Å²) in [6.07, 6.45) is 0. The highest BCUT2D eigenvalue weighted by Gasteiger charge is 2.03. The monoisotopic (exact) mass is 278 g/mol. The third kappa shape index (κ3) is 2.33. The molecule has 0 aromatic heterocycles. The third-order valence-corrected chi connectivity index (χ3v) is 3.23. The van der Waals surface area contributed by atoms with Crippen LogP contribution in [0, 0.1) is 12.7 Å². The van der Waals surface area contributed by atoms with Gasteiger partial charge in [-0.1, -0.05) is 46.3 Å². The average molecular weight is 279 g/mol. The Kier molecular flexibility index (Phi) is 3.39. The first-order valence-corrected chi connectivity index (χ1v) is 6.24. The Morgan fingerprint density at radius 3 is 2.62 bits per heavy atom. The average Bonchev–Trinajstić information content (AvgIpc) is 2.29. The molecule has 82 valence electrons. The van der Waals surface area contributed by atoms with Crippen LogP contribution in [0.5, 0.6) is 0 Å². The van der Waals surface area contributed by atoms with Crippen molar-refractivity contribution in [3.63, 3.8) is 0 Å². The molecule has 0 atom stereocenters. The minimum absolute atomic E-state index is 0.183. The van der Waals surface area contributed by atoms with Crippen LogP contribution in [0.1, 0.15) is 11.1 Å². The van der Waals surface area contributed by atoms with E-state index in [2.05, 4.69) is 28.1 Å². The first kappa shape index (κ1) is 11.3. The van der Waals surface area contributed by atoms with Crippen molar-refractivity contribution < 1.29 is 4.39 Å². The summed E-state index contributed by atoms with van der Waals surface area (Å²) in [7, 11) is 0. The molecule has 0 saturated carbocycles. The number of alkyl halides is 1. The van der Waals surface area contributed by atoms with Crippen molar-refractivity contribution in [3.8, 4) is 11.1 Å². The third-order valence-electron chi connectivity index (χ3n) is 2.58. The van der Waals surface area contributed by atoms with Crippen molar-refractivity contribution in [2.24, 2.45) is 0 Å². The zero-order valence-corrected chi connectivity index (χ0v) is 10.6. The van der Waals surface area contributed by atoms with Crippen LogP contribution in [0.2, 0.25) is 0 Å². The lowest BCUT2D eigenvalue weighted by molar-refractivity contribution is 0.627. The SMILES string of the molecule is Cc1cc(F)ccc1-c1cccc(CBr)c1. The minimum Gasteiger partial charge on any atom is -0.207 e. The molecule has 0 heterocycles. The topological polar surface area (TPSA) is 0 Å². The largest absolute Gasteiger partial charge is 0.207 e. The molecular formula is C14H12BrF. The molecule has 2 heteroatoms. The Morgan fingerprint density at radius 1 is 1.12 bits per heavy atom. The highest BCUT2D eigenvalue weighted by molar-refractivity contribution is 9.08. The number of hydrogen-bond donors (Lipinski definition) is 0. The summed E-state index contributed by atoms with van der Waals surface area (Å²) in [6, 6.07) is 13.2. The molecule has 0 aliphatic heterocycles. The minimum atomic E-state index is -0.183. The van der Waals surface area contributed by atoms with Crippen molar-refractivity contribution in [1.29, 1.82) is 0 Å². The smallest absolute Gasteiger partial charge is 0.123 e. The fraction of sp³-hybridized carbons (Fsp3) is 0.143. The molecule has 0 saturated heterocycles. The van der Waals surface area contributed by atoms with Crippen molar-refractivity contribution in [2.45, 2.75) is 12.3 Å². The lowest BCUT2D eigenvalue weighted by Gasteiger charge is -2.07. The molecular weight excluding hydrogens is 267 g/mol. The van der Waals surface area contributed by atoms with E-state index in [0.29, 0.717) is 0 Å². The summed E-state index contributed by atoms with van der Waals surface area (Å²) in [4.78, 5) is 0. The molecule has 0 spiro atoms. The standard InChI is InChI=1S/C14H12BrF/c1-10-7-13(16)5-6-14(10)12-4-2-3-11(8-12)9-15/h2-8H,9H2,1H3. The molecule has 0 unspecified atom stereocenters. The second kappa shape index (κ2) is 4.79. The van der Waals surface area contributed by atoms with Crippen LogP contribution >= 0.6 is 15.9 Å². The summed E-state index contributed by atoms with van der Waals surface area (Å²) in [5, 5.41) is 0.834. The van der Waals surface area contributed by atoms with Gasteiger partial charge in [0.1, 0.15) is 5.82 Å². The van der Waals surface area contributed by atoms with E-state index in [-0.39, 0.29) is 5.82 Å². The van der Waals surface area contributed by atoms with Gasteiger partial charge in [-0.3, -0.25) is 0 Å². The summed E-state index contributed by atoms with van der Waals surface area (Å²) in [5.74, 6) is -0.183. The summed E-state index contributed by atoms with van der Waals surface area (Å²) >= 11 is 3.43. The summed E-state index contributed by atoms with van der Waals surface area (Å²) in [5.41, 5.74) is 4.41. The van der Waals surface area contributed by atoms with E-state index in [1.165, 1.54) is 11.6 Å². The van der Waals surface area contributed by atoms with E-state index in [9.17, 15) is 4.39 Å². The first-order chi connectivity index (χ1) is 7.70. The van der Waals surface area contributed by atoms with Crippen LogP contribution in [-0.4, -0.2) is 0 Å². The molecule has 2 aromatic carbocycles. The number of rotatable bonds is 2. The van der Waals surface area contributed by atoms with Crippen molar-refractivity contribution in [1.82, 2.24) is 0 Å². The van der Waals surface area contributed by atoms with Gasteiger partial charge < -0.3 is 0 Å². The van der Waals surface area contributed by atoms with Crippen molar-refractivity contribution in [2.75, 3.05) is 0 Å². The molecule has 0 nitrogen and oxygen atoms in total. The second-order valence-electron chi connectivity index (χ2n) is 3.79. The van der Waals surface area contributed by atoms with Crippen LogP contribution < -0.4 is 0 Å². The highest BCUT2D eigenvalue weighted by atomic mass is 79.9. The fourth-order valence-electron chi connectivity index (χ4n) is 1.77. The molecule has 0 aliphatic rings. The van der Waals surface area contributed by atoms with Crippen LogP contribution in [0.3, 0.4) is 0 Å². The Labute approximate surface area is 103 Å². The van der Waals surface area contributed by atoms with Crippen molar-refractivity contribution in [3.05, 3.63) is 59.4 Å². The van der Waals surface area contributed by atoms with Gasteiger partial charge in [0.25, 0.3) is 0 Å². The maximum Gasteiger partial charge on any atom is 0.123 e. The Morgan fingerprint density at radius 2 is 1.94 bits per heavy atom. The Balaban J connectivity index is 2.49. The van der Waals surface area contributed by atoms with Crippen LogP contribution in [0.15, 0.2) is 42.5 Å². The molecule has 0 fully saturated rings. The van der Waals surface area contributed by atoms with Gasteiger partial charge in [-0.2, -0.15) is 0 Å². The van der Waals surface area contributed by atoms with Gasteiger partial charge in [0, 0.05) is 5.33 Å². The molecule has 16 heavy (non-hydrogen) atoms. The second-order valence-corrected chi connectivity index (χ2v) is 4.35. The van der Waals surface area contributed by atoms with Crippen LogP contribution in [0.4, 0.5) is 4.39 Å². The molecule has 0 N–H and O–H groups in total. The first-order valence-electron chi connectivity index (χ1n) is 5.12. The maximum absolute atomic E-state index is 13.0. The van der Waals surface area contributed by atoms with E-state index >= 15 is 0 Å². The van der Waals surface area contributed by atoms with Gasteiger partial charge in [-0.05, 0) is 41.3 Å². The normalized spacial score (nSPS) is 10.4. The molecule has 0 radical (unpaired) electrons. The quantitative estimate of drug-likeness (QED) is 0.699. The Hall–Kier alpha value is -1.15. The van der Waals surface area contributed by atoms with E-state index in [1.807, 2.05) is 25.1 Å². The number of benzene rings is 2. The molecule has 0 aliphatic carbocycles.